The SMILES string of the molecule is CNC(=O)c1ccc(/C=C/C(=O)N2CC(CO)CCC2C)cc1. The summed E-state index contributed by atoms with van der Waals surface area (Å²) in [6.07, 6.45) is 5.20. The van der Waals surface area contributed by atoms with Crippen molar-refractivity contribution in [3.63, 3.8) is 0 Å². The van der Waals surface area contributed by atoms with Crippen LogP contribution in [0.5, 0.6) is 0 Å². The molecule has 2 unspecified atom stereocenters. The van der Waals surface area contributed by atoms with Gasteiger partial charge in [0.05, 0.1) is 0 Å². The monoisotopic (exact) mass is 316 g/mol. The molecule has 1 aliphatic rings. The first-order valence-electron chi connectivity index (χ1n) is 7.96. The van der Waals surface area contributed by atoms with Gasteiger partial charge in [-0.2, -0.15) is 0 Å². The average molecular weight is 316 g/mol. The first-order valence-corrected chi connectivity index (χ1v) is 7.96. The van der Waals surface area contributed by atoms with Gasteiger partial charge < -0.3 is 15.3 Å². The number of carbonyl (C=O) groups is 2. The number of aliphatic hydroxyl groups excluding tert-OH is 1. The Balaban J connectivity index is 2.01. The van der Waals surface area contributed by atoms with Gasteiger partial charge in [-0.1, -0.05) is 12.1 Å². The highest BCUT2D eigenvalue weighted by atomic mass is 16.3. The van der Waals surface area contributed by atoms with Gasteiger partial charge in [0.15, 0.2) is 0 Å². The van der Waals surface area contributed by atoms with E-state index in [0.717, 1.165) is 18.4 Å². The maximum atomic E-state index is 12.4. The fraction of sp³-hybridized carbons (Fsp3) is 0.444. The van der Waals surface area contributed by atoms with Crippen LogP contribution >= 0.6 is 0 Å². The molecule has 2 atom stereocenters. The number of nitrogens with one attached hydrogen (secondary N) is 1. The maximum absolute atomic E-state index is 12.4. The van der Waals surface area contributed by atoms with Crippen LogP contribution in [-0.4, -0.2) is 48.1 Å². The quantitative estimate of drug-likeness (QED) is 0.830. The molecule has 0 radical (unpaired) electrons. The van der Waals surface area contributed by atoms with E-state index in [1.807, 2.05) is 24.0 Å². The number of hydrogen-bond acceptors (Lipinski definition) is 3. The Hall–Kier alpha value is -2.14. The van der Waals surface area contributed by atoms with Crippen LogP contribution in [-0.2, 0) is 4.79 Å². The van der Waals surface area contributed by atoms with Crippen LogP contribution in [0, 0.1) is 5.92 Å². The first-order chi connectivity index (χ1) is 11.0. The molecule has 1 saturated heterocycles. The van der Waals surface area contributed by atoms with Gasteiger partial charge in [0.2, 0.25) is 5.91 Å². The highest BCUT2D eigenvalue weighted by Crippen LogP contribution is 2.22. The zero-order chi connectivity index (χ0) is 16.8. The second-order valence-electron chi connectivity index (χ2n) is 6.00. The van der Waals surface area contributed by atoms with E-state index in [9.17, 15) is 14.7 Å². The molecular formula is C18H24N2O3. The molecule has 23 heavy (non-hydrogen) atoms. The minimum atomic E-state index is -0.131. The molecule has 5 nitrogen and oxygen atoms in total. The molecule has 124 valence electrons. The first kappa shape index (κ1) is 17.2. The van der Waals surface area contributed by atoms with Crippen molar-refractivity contribution in [2.75, 3.05) is 20.2 Å². The number of rotatable bonds is 4. The van der Waals surface area contributed by atoms with E-state index in [1.165, 1.54) is 0 Å². The van der Waals surface area contributed by atoms with Crippen LogP contribution in [0.3, 0.4) is 0 Å². The summed E-state index contributed by atoms with van der Waals surface area (Å²) in [5, 5.41) is 11.9. The molecule has 2 rings (SSSR count). The summed E-state index contributed by atoms with van der Waals surface area (Å²) in [7, 11) is 1.59. The second kappa shape index (κ2) is 7.92. The van der Waals surface area contributed by atoms with Gasteiger partial charge in [-0.25, -0.2) is 0 Å². The van der Waals surface area contributed by atoms with E-state index in [2.05, 4.69) is 5.32 Å². The van der Waals surface area contributed by atoms with Gasteiger partial charge in [0.1, 0.15) is 0 Å². The molecule has 2 amide bonds. The van der Waals surface area contributed by atoms with Gasteiger partial charge >= 0.3 is 0 Å². The summed E-state index contributed by atoms with van der Waals surface area (Å²) in [4.78, 5) is 25.7. The normalized spacial score (nSPS) is 21.4. The molecule has 1 aromatic rings. The number of likely N-dealkylation sites (tertiary alicyclic amines) is 1. The van der Waals surface area contributed by atoms with E-state index in [1.54, 1.807) is 31.3 Å². The lowest BCUT2D eigenvalue weighted by Crippen LogP contribution is -2.45. The average Bonchev–Trinajstić information content (AvgIpc) is 2.59. The molecule has 1 aliphatic heterocycles. The minimum Gasteiger partial charge on any atom is -0.396 e. The van der Waals surface area contributed by atoms with Crippen molar-refractivity contribution in [2.45, 2.75) is 25.8 Å². The third-order valence-corrected chi connectivity index (χ3v) is 4.34. The highest BCUT2D eigenvalue weighted by Gasteiger charge is 2.27. The van der Waals surface area contributed by atoms with Crippen molar-refractivity contribution in [3.05, 3.63) is 41.5 Å². The predicted molar refractivity (Wildman–Crippen MR) is 89.9 cm³/mol. The molecule has 0 aliphatic carbocycles. The lowest BCUT2D eigenvalue weighted by molar-refractivity contribution is -0.130. The van der Waals surface area contributed by atoms with Gasteiger partial charge in [0.25, 0.3) is 5.91 Å². The number of piperidine rings is 1. The summed E-state index contributed by atoms with van der Waals surface area (Å²) in [5.41, 5.74) is 1.46. The summed E-state index contributed by atoms with van der Waals surface area (Å²) >= 11 is 0. The summed E-state index contributed by atoms with van der Waals surface area (Å²) in [5.74, 6) is 0.00945. The van der Waals surface area contributed by atoms with Gasteiger partial charge in [0, 0.05) is 37.9 Å². The van der Waals surface area contributed by atoms with E-state index >= 15 is 0 Å². The largest absolute Gasteiger partial charge is 0.396 e. The maximum Gasteiger partial charge on any atom is 0.251 e. The highest BCUT2D eigenvalue weighted by molar-refractivity contribution is 5.95. The predicted octanol–water partition coefficient (Wildman–Crippen LogP) is 1.68. The number of nitrogens with zero attached hydrogens (tertiary/aromatic N) is 1. The summed E-state index contributed by atoms with van der Waals surface area (Å²) < 4.78 is 0. The molecule has 0 spiro atoms. The Morgan fingerprint density at radius 1 is 1.30 bits per heavy atom. The van der Waals surface area contributed by atoms with E-state index < -0.39 is 0 Å². The van der Waals surface area contributed by atoms with Crippen LogP contribution in [0.4, 0.5) is 0 Å². The molecule has 0 bridgehead atoms. The number of benzene rings is 1. The standard InChI is InChI=1S/C18H24N2O3/c1-13-3-4-15(12-21)11-20(13)17(22)10-7-14-5-8-16(9-6-14)18(23)19-2/h5-10,13,15,21H,3-4,11-12H2,1-2H3,(H,19,23)/b10-7+. The van der Waals surface area contributed by atoms with E-state index in [-0.39, 0.29) is 30.4 Å². The Labute approximate surface area is 137 Å². The molecular weight excluding hydrogens is 292 g/mol. The van der Waals surface area contributed by atoms with Gasteiger partial charge in [-0.05, 0) is 49.5 Å². The number of amides is 2. The molecule has 1 aromatic carbocycles. The molecule has 0 saturated carbocycles. The molecule has 0 aromatic heterocycles. The van der Waals surface area contributed by atoms with E-state index in [0.29, 0.717) is 12.1 Å². The van der Waals surface area contributed by atoms with Crippen LogP contribution < -0.4 is 5.32 Å². The molecule has 5 heteroatoms. The molecule has 1 fully saturated rings. The minimum absolute atomic E-state index is 0.0361. The summed E-state index contributed by atoms with van der Waals surface area (Å²) in [6, 6.07) is 7.28. The molecule has 1 heterocycles. The van der Waals surface area contributed by atoms with Crippen LogP contribution in [0.1, 0.15) is 35.7 Å². The zero-order valence-electron chi connectivity index (χ0n) is 13.7. The lowest BCUT2D eigenvalue weighted by atomic mass is 9.94. The van der Waals surface area contributed by atoms with Crippen molar-refractivity contribution in [1.82, 2.24) is 10.2 Å². The topological polar surface area (TPSA) is 69.6 Å². The number of aliphatic hydroxyl groups is 1. The zero-order valence-corrected chi connectivity index (χ0v) is 13.7. The van der Waals surface area contributed by atoms with Crippen molar-refractivity contribution >= 4 is 17.9 Å². The Bertz CT molecular complexity index is 580. The van der Waals surface area contributed by atoms with Crippen molar-refractivity contribution in [3.8, 4) is 0 Å². The van der Waals surface area contributed by atoms with Crippen LogP contribution in [0.25, 0.3) is 6.08 Å². The third kappa shape index (κ3) is 4.42. The van der Waals surface area contributed by atoms with Crippen molar-refractivity contribution in [1.29, 1.82) is 0 Å². The lowest BCUT2D eigenvalue weighted by Gasteiger charge is -2.36. The fourth-order valence-electron chi connectivity index (χ4n) is 2.79. The molecule has 2 N–H and O–H groups in total. The van der Waals surface area contributed by atoms with E-state index in [4.69, 9.17) is 0 Å². The van der Waals surface area contributed by atoms with Gasteiger partial charge in [-0.15, -0.1) is 0 Å². The van der Waals surface area contributed by atoms with Crippen LogP contribution in [0.2, 0.25) is 0 Å². The second-order valence-corrected chi connectivity index (χ2v) is 6.00. The van der Waals surface area contributed by atoms with Gasteiger partial charge in [-0.3, -0.25) is 9.59 Å². The number of hydrogen-bond donors (Lipinski definition) is 2. The van der Waals surface area contributed by atoms with Crippen LogP contribution in [0.15, 0.2) is 30.3 Å². The smallest absolute Gasteiger partial charge is 0.251 e. The Kier molecular flexibility index (Phi) is 5.93. The Morgan fingerprint density at radius 3 is 2.61 bits per heavy atom. The van der Waals surface area contributed by atoms with Crippen molar-refractivity contribution < 1.29 is 14.7 Å². The fourth-order valence-corrected chi connectivity index (χ4v) is 2.79. The number of carbonyl (C=O) groups excluding carboxylic acids is 2. The summed E-state index contributed by atoms with van der Waals surface area (Å²) in [6.45, 7) is 2.77. The Morgan fingerprint density at radius 2 is 2.00 bits per heavy atom. The third-order valence-electron chi connectivity index (χ3n) is 4.34. The van der Waals surface area contributed by atoms with Crippen molar-refractivity contribution in [2.24, 2.45) is 5.92 Å².